The normalized spacial score (nSPS) is 27.2. The van der Waals surface area contributed by atoms with Crippen LogP contribution in [-0.4, -0.2) is 17.8 Å². The second-order valence-electron chi connectivity index (χ2n) is 6.06. The van der Waals surface area contributed by atoms with Gasteiger partial charge in [-0.05, 0) is 49.3 Å². The predicted molar refractivity (Wildman–Crippen MR) is 80.9 cm³/mol. The van der Waals surface area contributed by atoms with Crippen molar-refractivity contribution >= 4 is 0 Å². The van der Waals surface area contributed by atoms with E-state index < -0.39 is 0 Å². The van der Waals surface area contributed by atoms with E-state index in [1.807, 2.05) is 18.2 Å². The van der Waals surface area contributed by atoms with Gasteiger partial charge >= 0.3 is 0 Å². The summed E-state index contributed by atoms with van der Waals surface area (Å²) in [7, 11) is 0. The minimum absolute atomic E-state index is 0.204. The van der Waals surface area contributed by atoms with Gasteiger partial charge in [-0.15, -0.1) is 0 Å². The topological polar surface area (TPSA) is 29.5 Å². The molecule has 1 aliphatic heterocycles. The smallest absolute Gasteiger partial charge is 0.122 e. The van der Waals surface area contributed by atoms with Crippen LogP contribution in [0.3, 0.4) is 0 Å². The summed E-state index contributed by atoms with van der Waals surface area (Å²) in [6, 6.07) is 8.19. The van der Waals surface area contributed by atoms with Gasteiger partial charge in [-0.25, -0.2) is 0 Å². The third-order valence-electron chi connectivity index (χ3n) is 4.56. The average Bonchev–Trinajstić information content (AvgIpc) is 2.46. The molecule has 1 aromatic carbocycles. The maximum Gasteiger partial charge on any atom is 0.122 e. The summed E-state index contributed by atoms with van der Waals surface area (Å²) >= 11 is 0. The minimum Gasteiger partial charge on any atom is -0.493 e. The Bertz CT molecular complexity index is 478. The highest BCUT2D eigenvalue weighted by atomic mass is 16.5. The molecule has 108 valence electrons. The lowest BCUT2D eigenvalue weighted by molar-refractivity contribution is 0.0868. The molecule has 1 heterocycles. The Hall–Kier alpha value is -1.28. The van der Waals surface area contributed by atoms with Crippen molar-refractivity contribution in [2.45, 2.75) is 51.0 Å². The van der Waals surface area contributed by atoms with Gasteiger partial charge in [-0.1, -0.05) is 37.1 Å². The van der Waals surface area contributed by atoms with Crippen LogP contribution in [0.5, 0.6) is 5.75 Å². The summed E-state index contributed by atoms with van der Waals surface area (Å²) in [5.74, 6) is 1.19. The van der Waals surface area contributed by atoms with Crippen molar-refractivity contribution in [3.05, 3.63) is 41.5 Å². The number of hydrogen-bond donors (Lipinski definition) is 1. The van der Waals surface area contributed by atoms with Crippen LogP contribution < -0.4 is 4.74 Å². The van der Waals surface area contributed by atoms with Gasteiger partial charge in [0, 0.05) is 5.92 Å². The lowest BCUT2D eigenvalue weighted by Crippen LogP contribution is -2.33. The highest BCUT2D eigenvalue weighted by Gasteiger charge is 2.28. The summed E-state index contributed by atoms with van der Waals surface area (Å²) in [6.45, 7) is 0.634. The van der Waals surface area contributed by atoms with Crippen LogP contribution in [0.2, 0.25) is 0 Å². The SMILES string of the molecule is OC(/C1=C/CCCCCC1)C1COc2ccccc2C1. The molecule has 0 fully saturated rings. The van der Waals surface area contributed by atoms with Crippen LogP contribution in [0, 0.1) is 5.92 Å². The van der Waals surface area contributed by atoms with E-state index in [-0.39, 0.29) is 12.0 Å². The molecule has 0 spiro atoms. The first-order valence-electron chi connectivity index (χ1n) is 7.92. The molecule has 20 heavy (non-hydrogen) atoms. The number of hydrogen-bond acceptors (Lipinski definition) is 2. The number of aliphatic hydroxyl groups is 1. The van der Waals surface area contributed by atoms with Crippen LogP contribution in [0.25, 0.3) is 0 Å². The van der Waals surface area contributed by atoms with E-state index >= 15 is 0 Å². The van der Waals surface area contributed by atoms with Gasteiger partial charge in [0.15, 0.2) is 0 Å². The molecular formula is C18H24O2. The monoisotopic (exact) mass is 272 g/mol. The van der Waals surface area contributed by atoms with Crippen LogP contribution >= 0.6 is 0 Å². The fraction of sp³-hybridized carbons (Fsp3) is 0.556. The molecule has 0 amide bonds. The first-order valence-corrected chi connectivity index (χ1v) is 7.92. The minimum atomic E-state index is -0.332. The van der Waals surface area contributed by atoms with Crippen molar-refractivity contribution < 1.29 is 9.84 Å². The molecule has 2 atom stereocenters. The maximum atomic E-state index is 10.7. The molecule has 2 unspecified atom stereocenters. The van der Waals surface area contributed by atoms with Crippen LogP contribution in [0.15, 0.2) is 35.9 Å². The van der Waals surface area contributed by atoms with E-state index in [1.165, 1.54) is 36.8 Å². The average molecular weight is 272 g/mol. The highest BCUT2D eigenvalue weighted by Crippen LogP contribution is 2.32. The van der Waals surface area contributed by atoms with E-state index in [4.69, 9.17) is 4.74 Å². The fourth-order valence-electron chi connectivity index (χ4n) is 3.34. The molecule has 1 N–H and O–H groups in total. The molecule has 1 aromatic rings. The lowest BCUT2D eigenvalue weighted by Gasteiger charge is -2.30. The Morgan fingerprint density at radius 2 is 1.95 bits per heavy atom. The second-order valence-corrected chi connectivity index (χ2v) is 6.06. The number of fused-ring (bicyclic) bond motifs is 1. The van der Waals surface area contributed by atoms with Gasteiger partial charge in [0.05, 0.1) is 12.7 Å². The zero-order valence-electron chi connectivity index (χ0n) is 12.1. The standard InChI is InChI=1S/C18H24O2/c19-18(14-8-4-2-1-3-5-9-14)16-12-15-10-6-7-11-17(15)20-13-16/h6-8,10-11,16,18-19H,1-5,9,12-13H2/b14-8+. The van der Waals surface area contributed by atoms with Crippen molar-refractivity contribution in [2.75, 3.05) is 6.61 Å². The summed E-state index contributed by atoms with van der Waals surface area (Å²) in [5.41, 5.74) is 2.48. The fourth-order valence-corrected chi connectivity index (χ4v) is 3.34. The zero-order valence-corrected chi connectivity index (χ0v) is 12.1. The molecule has 1 aliphatic carbocycles. The van der Waals surface area contributed by atoms with Crippen LogP contribution in [0.1, 0.15) is 44.1 Å². The maximum absolute atomic E-state index is 10.7. The Kier molecular flexibility index (Phi) is 4.41. The first-order chi connectivity index (χ1) is 9.84. The second kappa shape index (κ2) is 6.45. The summed E-state index contributed by atoms with van der Waals surface area (Å²) < 4.78 is 5.82. The van der Waals surface area contributed by atoms with Gasteiger partial charge in [0.2, 0.25) is 0 Å². The Morgan fingerprint density at radius 1 is 1.10 bits per heavy atom. The summed E-state index contributed by atoms with van der Waals surface area (Å²) in [5, 5.41) is 10.7. The number of aliphatic hydroxyl groups excluding tert-OH is 1. The number of para-hydroxylation sites is 1. The van der Waals surface area contributed by atoms with Gasteiger partial charge in [-0.2, -0.15) is 0 Å². The summed E-state index contributed by atoms with van der Waals surface area (Å²) in [6.07, 6.45) is 10.2. The zero-order chi connectivity index (χ0) is 13.8. The molecule has 2 heteroatoms. The Labute approximate surface area is 121 Å². The summed E-state index contributed by atoms with van der Waals surface area (Å²) in [4.78, 5) is 0. The molecule has 0 bridgehead atoms. The van der Waals surface area contributed by atoms with E-state index in [0.29, 0.717) is 6.61 Å². The van der Waals surface area contributed by atoms with E-state index in [0.717, 1.165) is 25.0 Å². The van der Waals surface area contributed by atoms with Gasteiger partial charge in [0.25, 0.3) is 0 Å². The predicted octanol–water partition coefficient (Wildman–Crippen LogP) is 3.88. The van der Waals surface area contributed by atoms with E-state index in [2.05, 4.69) is 12.1 Å². The highest BCUT2D eigenvalue weighted by molar-refractivity contribution is 5.35. The molecule has 2 nitrogen and oxygen atoms in total. The first kappa shape index (κ1) is 13.7. The molecular weight excluding hydrogens is 248 g/mol. The van der Waals surface area contributed by atoms with E-state index in [1.54, 1.807) is 0 Å². The molecule has 0 radical (unpaired) electrons. The van der Waals surface area contributed by atoms with Gasteiger partial charge in [0.1, 0.15) is 5.75 Å². The van der Waals surface area contributed by atoms with Crippen molar-refractivity contribution in [3.8, 4) is 5.75 Å². The number of ether oxygens (including phenoxy) is 1. The molecule has 0 saturated heterocycles. The molecule has 0 saturated carbocycles. The quantitative estimate of drug-likeness (QED) is 0.828. The third-order valence-corrected chi connectivity index (χ3v) is 4.56. The number of benzene rings is 1. The molecule has 3 rings (SSSR count). The van der Waals surface area contributed by atoms with Crippen molar-refractivity contribution in [1.29, 1.82) is 0 Å². The number of rotatable bonds is 2. The lowest BCUT2D eigenvalue weighted by atomic mass is 9.85. The van der Waals surface area contributed by atoms with Crippen LogP contribution in [-0.2, 0) is 6.42 Å². The van der Waals surface area contributed by atoms with Crippen molar-refractivity contribution in [1.82, 2.24) is 0 Å². The van der Waals surface area contributed by atoms with Crippen molar-refractivity contribution in [3.63, 3.8) is 0 Å². The van der Waals surface area contributed by atoms with E-state index in [9.17, 15) is 5.11 Å². The molecule has 0 aromatic heterocycles. The van der Waals surface area contributed by atoms with Gasteiger partial charge in [-0.3, -0.25) is 0 Å². The number of allylic oxidation sites excluding steroid dienone is 1. The third kappa shape index (κ3) is 3.06. The van der Waals surface area contributed by atoms with Gasteiger partial charge < -0.3 is 9.84 Å². The Morgan fingerprint density at radius 3 is 2.90 bits per heavy atom. The van der Waals surface area contributed by atoms with Crippen molar-refractivity contribution in [2.24, 2.45) is 5.92 Å². The largest absolute Gasteiger partial charge is 0.493 e. The Balaban J connectivity index is 1.70. The van der Waals surface area contributed by atoms with Crippen LogP contribution in [0.4, 0.5) is 0 Å². The molecule has 2 aliphatic rings.